The van der Waals surface area contributed by atoms with Crippen molar-refractivity contribution in [2.75, 3.05) is 0 Å². The van der Waals surface area contributed by atoms with E-state index < -0.39 is 0 Å². The van der Waals surface area contributed by atoms with E-state index in [-0.39, 0.29) is 0 Å². The van der Waals surface area contributed by atoms with Gasteiger partial charge in [-0.05, 0) is 67.4 Å². The van der Waals surface area contributed by atoms with Gasteiger partial charge in [0.1, 0.15) is 18.1 Å². The SMILES string of the molecule is CCc1cc(C)c(OCc2c(Cl)cccc2OC(C)=S)cc1C. The van der Waals surface area contributed by atoms with Gasteiger partial charge in [0.15, 0.2) is 5.05 Å². The summed E-state index contributed by atoms with van der Waals surface area (Å²) in [6.45, 7) is 8.38. The van der Waals surface area contributed by atoms with Crippen LogP contribution in [0.2, 0.25) is 5.02 Å². The third-order valence-corrected chi connectivity index (χ3v) is 4.15. The molecule has 0 aliphatic carbocycles. The second-order valence-corrected chi connectivity index (χ2v) is 6.48. The fourth-order valence-electron chi connectivity index (χ4n) is 2.47. The molecule has 0 saturated heterocycles. The highest BCUT2D eigenvalue weighted by atomic mass is 35.5. The van der Waals surface area contributed by atoms with Crippen LogP contribution in [-0.4, -0.2) is 5.05 Å². The molecule has 23 heavy (non-hydrogen) atoms. The van der Waals surface area contributed by atoms with Crippen molar-refractivity contribution in [3.8, 4) is 11.5 Å². The van der Waals surface area contributed by atoms with Crippen molar-refractivity contribution >= 4 is 28.9 Å². The number of ether oxygens (including phenoxy) is 2. The van der Waals surface area contributed by atoms with E-state index in [1.807, 2.05) is 18.2 Å². The Balaban J connectivity index is 2.24. The van der Waals surface area contributed by atoms with Crippen LogP contribution >= 0.6 is 23.8 Å². The van der Waals surface area contributed by atoms with Gasteiger partial charge in [-0.3, -0.25) is 0 Å². The fourth-order valence-corrected chi connectivity index (χ4v) is 2.78. The monoisotopic (exact) mass is 348 g/mol. The number of hydrogen-bond donors (Lipinski definition) is 0. The van der Waals surface area contributed by atoms with Gasteiger partial charge in [-0.1, -0.05) is 30.7 Å². The zero-order valence-corrected chi connectivity index (χ0v) is 15.5. The summed E-state index contributed by atoms with van der Waals surface area (Å²) in [5.74, 6) is 1.51. The summed E-state index contributed by atoms with van der Waals surface area (Å²) in [6, 6.07) is 9.76. The number of aryl methyl sites for hydroxylation is 3. The molecule has 0 saturated carbocycles. The fraction of sp³-hybridized carbons (Fsp3) is 0.316. The third-order valence-electron chi connectivity index (χ3n) is 3.72. The molecular formula is C19H21ClO2S. The summed E-state index contributed by atoms with van der Waals surface area (Å²) in [6.07, 6.45) is 1.02. The van der Waals surface area contributed by atoms with Gasteiger partial charge in [0.25, 0.3) is 0 Å². The van der Waals surface area contributed by atoms with Crippen molar-refractivity contribution in [3.63, 3.8) is 0 Å². The molecule has 2 nitrogen and oxygen atoms in total. The van der Waals surface area contributed by atoms with Crippen LogP contribution in [0.5, 0.6) is 11.5 Å². The summed E-state index contributed by atoms with van der Waals surface area (Å²) in [5, 5.41) is 1.06. The van der Waals surface area contributed by atoms with Crippen molar-refractivity contribution in [1.82, 2.24) is 0 Å². The Kier molecular flexibility index (Phi) is 6.03. The van der Waals surface area contributed by atoms with E-state index in [4.69, 9.17) is 33.3 Å². The van der Waals surface area contributed by atoms with Crippen LogP contribution in [0.4, 0.5) is 0 Å². The zero-order chi connectivity index (χ0) is 17.0. The molecule has 0 heterocycles. The highest BCUT2D eigenvalue weighted by Crippen LogP contribution is 2.30. The first-order chi connectivity index (χ1) is 10.9. The van der Waals surface area contributed by atoms with Gasteiger partial charge in [0.05, 0.1) is 10.6 Å². The van der Waals surface area contributed by atoms with Crippen LogP contribution in [0.25, 0.3) is 0 Å². The molecule has 0 aliphatic heterocycles. The number of thiocarbonyl (C=S) groups is 1. The quantitative estimate of drug-likeness (QED) is 0.634. The molecule has 0 N–H and O–H groups in total. The lowest BCUT2D eigenvalue weighted by atomic mass is 10.0. The van der Waals surface area contributed by atoms with Crippen LogP contribution in [0.1, 0.15) is 36.1 Å². The Morgan fingerprint density at radius 3 is 2.52 bits per heavy atom. The van der Waals surface area contributed by atoms with Crippen molar-refractivity contribution in [2.24, 2.45) is 0 Å². The predicted octanol–water partition coefficient (Wildman–Crippen LogP) is 5.82. The van der Waals surface area contributed by atoms with Crippen LogP contribution in [0.15, 0.2) is 30.3 Å². The molecule has 0 atom stereocenters. The molecule has 2 aromatic rings. The first kappa shape index (κ1) is 17.8. The second kappa shape index (κ2) is 7.80. The van der Waals surface area contributed by atoms with Crippen molar-refractivity contribution in [2.45, 2.75) is 40.7 Å². The van der Waals surface area contributed by atoms with Gasteiger partial charge in [-0.15, -0.1) is 0 Å². The van der Waals surface area contributed by atoms with Crippen molar-refractivity contribution in [1.29, 1.82) is 0 Å². The summed E-state index contributed by atoms with van der Waals surface area (Å²) >= 11 is 11.3. The third kappa shape index (κ3) is 4.46. The van der Waals surface area contributed by atoms with E-state index in [0.717, 1.165) is 23.3 Å². The largest absolute Gasteiger partial charge is 0.488 e. The maximum atomic E-state index is 6.29. The van der Waals surface area contributed by atoms with E-state index in [0.29, 0.717) is 22.4 Å². The number of hydrogen-bond acceptors (Lipinski definition) is 3. The van der Waals surface area contributed by atoms with Gasteiger partial charge >= 0.3 is 0 Å². The van der Waals surface area contributed by atoms with Gasteiger partial charge in [-0.2, -0.15) is 0 Å². The first-order valence-electron chi connectivity index (χ1n) is 7.61. The number of rotatable bonds is 5. The Hall–Kier alpha value is -1.58. The molecule has 0 fully saturated rings. The zero-order valence-electron chi connectivity index (χ0n) is 13.9. The Labute approximate surface area is 148 Å². The normalized spacial score (nSPS) is 10.5. The summed E-state index contributed by atoms with van der Waals surface area (Å²) < 4.78 is 11.6. The van der Waals surface area contributed by atoms with Crippen molar-refractivity contribution in [3.05, 3.63) is 57.6 Å². The molecule has 0 aliphatic rings. The number of benzene rings is 2. The predicted molar refractivity (Wildman–Crippen MR) is 100.0 cm³/mol. The van der Waals surface area contributed by atoms with Gasteiger partial charge < -0.3 is 9.47 Å². The van der Waals surface area contributed by atoms with E-state index in [1.165, 1.54) is 11.1 Å². The molecule has 122 valence electrons. The molecule has 2 aromatic carbocycles. The summed E-state index contributed by atoms with van der Waals surface area (Å²) in [4.78, 5) is 0. The second-order valence-electron chi connectivity index (χ2n) is 5.50. The molecular weight excluding hydrogens is 328 g/mol. The molecule has 0 radical (unpaired) electrons. The summed E-state index contributed by atoms with van der Waals surface area (Å²) in [7, 11) is 0. The minimum Gasteiger partial charge on any atom is -0.488 e. The molecule has 0 amide bonds. The maximum Gasteiger partial charge on any atom is 0.164 e. The minimum atomic E-state index is 0.337. The highest BCUT2D eigenvalue weighted by Gasteiger charge is 2.12. The van der Waals surface area contributed by atoms with E-state index in [1.54, 1.807) is 6.92 Å². The molecule has 4 heteroatoms. The lowest BCUT2D eigenvalue weighted by Crippen LogP contribution is -2.05. The molecule has 0 spiro atoms. The van der Waals surface area contributed by atoms with E-state index >= 15 is 0 Å². The van der Waals surface area contributed by atoms with E-state index in [9.17, 15) is 0 Å². The Bertz CT molecular complexity index is 726. The standard InChI is InChI=1S/C19H21ClO2S/c1-5-15-9-13(3)19(10-12(15)2)21-11-16-17(20)7-6-8-18(16)22-14(4)23/h6-10H,5,11H2,1-4H3. The number of halogens is 1. The Morgan fingerprint density at radius 1 is 1.13 bits per heavy atom. The smallest absolute Gasteiger partial charge is 0.164 e. The first-order valence-corrected chi connectivity index (χ1v) is 8.39. The molecule has 0 bridgehead atoms. The highest BCUT2D eigenvalue weighted by molar-refractivity contribution is 7.80. The summed E-state index contributed by atoms with van der Waals surface area (Å²) in [5.41, 5.74) is 4.49. The van der Waals surface area contributed by atoms with Gasteiger partial charge in [0, 0.05) is 6.92 Å². The molecule has 2 rings (SSSR count). The topological polar surface area (TPSA) is 18.5 Å². The lowest BCUT2D eigenvalue weighted by molar-refractivity contribution is 0.300. The van der Waals surface area contributed by atoms with Crippen LogP contribution < -0.4 is 9.47 Å². The molecule has 0 aromatic heterocycles. The lowest BCUT2D eigenvalue weighted by Gasteiger charge is -2.15. The van der Waals surface area contributed by atoms with E-state index in [2.05, 4.69) is 32.9 Å². The van der Waals surface area contributed by atoms with Crippen molar-refractivity contribution < 1.29 is 9.47 Å². The van der Waals surface area contributed by atoms with Gasteiger partial charge in [0.2, 0.25) is 0 Å². The average molecular weight is 349 g/mol. The van der Waals surface area contributed by atoms with Crippen LogP contribution in [0, 0.1) is 13.8 Å². The Morgan fingerprint density at radius 2 is 1.87 bits per heavy atom. The van der Waals surface area contributed by atoms with Crippen LogP contribution in [-0.2, 0) is 13.0 Å². The van der Waals surface area contributed by atoms with Crippen LogP contribution in [0.3, 0.4) is 0 Å². The molecule has 0 unspecified atom stereocenters. The maximum absolute atomic E-state index is 6.29. The average Bonchev–Trinajstić information content (AvgIpc) is 2.49. The minimum absolute atomic E-state index is 0.337. The van der Waals surface area contributed by atoms with Gasteiger partial charge in [-0.25, -0.2) is 0 Å².